The lowest BCUT2D eigenvalue weighted by molar-refractivity contribution is -0.161. The molecule has 0 saturated heterocycles. The van der Waals surface area contributed by atoms with Gasteiger partial charge in [-0.1, -0.05) is 292 Å². The van der Waals surface area contributed by atoms with Crippen molar-refractivity contribution in [1.29, 1.82) is 0 Å². The van der Waals surface area contributed by atoms with Crippen molar-refractivity contribution in [1.82, 2.24) is 0 Å². The van der Waals surface area contributed by atoms with Gasteiger partial charge < -0.3 is 33.8 Å². The fourth-order valence-corrected chi connectivity index (χ4v) is 12.4. The van der Waals surface area contributed by atoms with E-state index >= 15 is 0 Å². The standard InChI is InChI=1S/C83H146O17P2/c1-5-9-13-17-21-25-29-33-37-38-42-44-48-52-56-60-64-68-81(86)94-74-79(100-83(88)70-66-62-58-54-50-46-41-36-32-28-24-20-16-12-8-4)76-98-102(91,92)96-72-77(84)71-95-101(89,90)97-75-78(99-82(87)69-65-61-57-53-49-45-40-35-31-27-23-19-15-11-7-3)73-93-80(85)67-63-59-55-51-47-43-39-34-30-26-22-18-14-10-6-2/h21,23-25,27-28,33,35-37,40-42,44,52,56,77-79,84H,5-20,22,26,29-32,34,38-39,43,45-51,53-55,57-76H2,1-4H3,(H,89,90)(H,91,92)/b25-21-,27-23-,28-24-,37-33-,40-35-,41-36-,44-42-,56-52-/t77-,78+,79+/m0/s1. The van der Waals surface area contributed by atoms with Crippen LogP contribution >= 0.6 is 15.6 Å². The highest BCUT2D eigenvalue weighted by molar-refractivity contribution is 7.47. The molecule has 102 heavy (non-hydrogen) atoms. The summed E-state index contributed by atoms with van der Waals surface area (Å²) < 4.78 is 68.6. The van der Waals surface area contributed by atoms with Gasteiger partial charge in [0.25, 0.3) is 0 Å². The highest BCUT2D eigenvalue weighted by Gasteiger charge is 2.30. The summed E-state index contributed by atoms with van der Waals surface area (Å²) in [4.78, 5) is 73.0. The molecule has 2 unspecified atom stereocenters. The molecule has 0 fully saturated rings. The molecule has 17 nitrogen and oxygen atoms in total. The molecule has 0 aromatic carbocycles. The van der Waals surface area contributed by atoms with Gasteiger partial charge in [-0.3, -0.25) is 37.3 Å². The van der Waals surface area contributed by atoms with E-state index in [2.05, 4.69) is 113 Å². The normalized spacial score (nSPS) is 14.4. The molecule has 0 aromatic heterocycles. The predicted octanol–water partition coefficient (Wildman–Crippen LogP) is 23.6. The lowest BCUT2D eigenvalue weighted by Gasteiger charge is -2.21. The number of aliphatic hydroxyl groups excluding tert-OH is 1. The van der Waals surface area contributed by atoms with Crippen molar-refractivity contribution < 1.29 is 80.2 Å². The zero-order valence-electron chi connectivity index (χ0n) is 64.5. The molecule has 0 aliphatic heterocycles. The minimum absolute atomic E-state index is 0.0672. The van der Waals surface area contributed by atoms with Crippen LogP contribution in [0.4, 0.5) is 0 Å². The molecule has 0 heterocycles. The highest BCUT2D eigenvalue weighted by Crippen LogP contribution is 2.45. The summed E-state index contributed by atoms with van der Waals surface area (Å²) in [7, 11) is -9.97. The number of carbonyl (C=O) groups excluding carboxylic acids is 4. The second-order valence-corrected chi connectivity index (χ2v) is 29.9. The van der Waals surface area contributed by atoms with Crippen molar-refractivity contribution in [2.24, 2.45) is 0 Å². The van der Waals surface area contributed by atoms with Gasteiger partial charge in [-0.25, -0.2) is 9.13 Å². The topological polar surface area (TPSA) is 237 Å². The van der Waals surface area contributed by atoms with E-state index in [1.165, 1.54) is 128 Å². The Balaban J connectivity index is 5.41. The molecular formula is C83H146O17P2. The minimum atomic E-state index is -4.99. The second-order valence-electron chi connectivity index (χ2n) is 27.0. The van der Waals surface area contributed by atoms with Crippen molar-refractivity contribution in [2.45, 2.75) is 367 Å². The smallest absolute Gasteiger partial charge is 0.462 e. The third-order valence-electron chi connectivity index (χ3n) is 17.0. The van der Waals surface area contributed by atoms with Crippen LogP contribution in [0.3, 0.4) is 0 Å². The third kappa shape index (κ3) is 74.3. The van der Waals surface area contributed by atoms with E-state index < -0.39 is 97.5 Å². The van der Waals surface area contributed by atoms with Crippen LogP contribution < -0.4 is 0 Å². The fourth-order valence-electron chi connectivity index (χ4n) is 10.8. The van der Waals surface area contributed by atoms with E-state index in [0.29, 0.717) is 32.1 Å². The van der Waals surface area contributed by atoms with Crippen LogP contribution in [0.2, 0.25) is 0 Å². The van der Waals surface area contributed by atoms with E-state index in [-0.39, 0.29) is 25.7 Å². The summed E-state index contributed by atoms with van der Waals surface area (Å²) in [6.07, 6.45) is 79.5. The molecule has 0 rings (SSSR count). The maximum atomic E-state index is 13.1. The number of unbranched alkanes of at least 4 members (excludes halogenated alkanes) is 34. The van der Waals surface area contributed by atoms with Crippen molar-refractivity contribution >= 4 is 39.5 Å². The Hall–Kier alpha value is -4.02. The molecule has 5 atom stereocenters. The van der Waals surface area contributed by atoms with Gasteiger partial charge in [0.1, 0.15) is 19.3 Å². The lowest BCUT2D eigenvalue weighted by Crippen LogP contribution is -2.30. The van der Waals surface area contributed by atoms with Gasteiger partial charge in [0.2, 0.25) is 0 Å². The molecule has 0 aromatic rings. The first-order valence-corrected chi connectivity index (χ1v) is 43.5. The Bertz CT molecular complexity index is 2310. The Morgan fingerprint density at radius 1 is 0.275 bits per heavy atom. The average Bonchev–Trinajstić information content (AvgIpc) is 0.923. The second kappa shape index (κ2) is 75.2. The molecule has 0 aliphatic rings. The van der Waals surface area contributed by atoms with Crippen molar-refractivity contribution in [3.8, 4) is 0 Å². The molecule has 590 valence electrons. The maximum Gasteiger partial charge on any atom is 0.472 e. The Kier molecular flexibility index (Phi) is 72.3. The van der Waals surface area contributed by atoms with Gasteiger partial charge >= 0.3 is 39.5 Å². The van der Waals surface area contributed by atoms with Crippen LogP contribution in [0, 0.1) is 0 Å². The van der Waals surface area contributed by atoms with E-state index in [0.717, 1.165) is 135 Å². The van der Waals surface area contributed by atoms with E-state index in [1.54, 1.807) is 0 Å². The Labute approximate surface area is 620 Å². The summed E-state index contributed by atoms with van der Waals surface area (Å²) in [6.45, 7) is 4.75. The van der Waals surface area contributed by atoms with Gasteiger partial charge in [0, 0.05) is 25.7 Å². The number of phosphoric ester groups is 2. The highest BCUT2D eigenvalue weighted by atomic mass is 31.2. The quantitative estimate of drug-likeness (QED) is 0.0169. The van der Waals surface area contributed by atoms with Gasteiger partial charge in [0.05, 0.1) is 26.4 Å². The number of esters is 4. The molecule has 19 heteroatoms. The number of ether oxygens (including phenoxy) is 4. The van der Waals surface area contributed by atoms with E-state index in [1.807, 2.05) is 12.2 Å². The average molecular weight is 1480 g/mol. The van der Waals surface area contributed by atoms with Crippen LogP contribution in [0.15, 0.2) is 97.2 Å². The van der Waals surface area contributed by atoms with Gasteiger partial charge in [-0.05, 0) is 128 Å². The zero-order valence-corrected chi connectivity index (χ0v) is 66.3. The number of aliphatic hydroxyl groups is 1. The molecule has 0 spiro atoms. The number of carbonyl (C=O) groups is 4. The number of phosphoric acid groups is 2. The largest absolute Gasteiger partial charge is 0.472 e. The van der Waals surface area contributed by atoms with Crippen molar-refractivity contribution in [3.05, 3.63) is 97.2 Å². The first-order chi connectivity index (χ1) is 49.7. The zero-order chi connectivity index (χ0) is 74.6. The SMILES string of the molecule is CCCCC/C=C\C/C=C\C/C=C\C/C=C\CCCC(=O)OC[C@H](COP(=O)(O)OC[C@@H](O)COP(=O)(O)OC[C@@H](COC(=O)CCCCCCCCCCCCCCCCC)OC(=O)CCCCCCC/C=C\C/C=C\CCCCC)OC(=O)CCCCCCC/C=C\C/C=C\CCCCC. The summed E-state index contributed by atoms with van der Waals surface area (Å²) in [5.41, 5.74) is 0. The Morgan fingerprint density at radius 3 is 0.794 bits per heavy atom. The van der Waals surface area contributed by atoms with Gasteiger partial charge in [0.15, 0.2) is 12.2 Å². The molecule has 0 amide bonds. The summed E-state index contributed by atoms with van der Waals surface area (Å²) >= 11 is 0. The van der Waals surface area contributed by atoms with E-state index in [9.17, 15) is 43.2 Å². The number of hydrogen-bond donors (Lipinski definition) is 3. The molecule has 0 aliphatic carbocycles. The predicted molar refractivity (Wildman–Crippen MR) is 418 cm³/mol. The third-order valence-corrected chi connectivity index (χ3v) is 18.9. The first-order valence-electron chi connectivity index (χ1n) is 40.5. The van der Waals surface area contributed by atoms with Crippen LogP contribution in [-0.4, -0.2) is 96.7 Å². The molecule has 0 bridgehead atoms. The fraction of sp³-hybridized carbons (Fsp3) is 0.759. The summed E-state index contributed by atoms with van der Waals surface area (Å²) in [5, 5.41) is 10.6. The van der Waals surface area contributed by atoms with Crippen LogP contribution in [-0.2, 0) is 65.4 Å². The lowest BCUT2D eigenvalue weighted by atomic mass is 10.0. The monoisotopic (exact) mass is 1480 g/mol. The number of rotatable bonds is 76. The molecule has 0 radical (unpaired) electrons. The van der Waals surface area contributed by atoms with Crippen LogP contribution in [0.1, 0.15) is 349 Å². The number of hydrogen-bond acceptors (Lipinski definition) is 15. The summed E-state index contributed by atoms with van der Waals surface area (Å²) in [6, 6.07) is 0. The first kappa shape index (κ1) is 98.0. The minimum Gasteiger partial charge on any atom is -0.462 e. The molecular weight excluding hydrogens is 1330 g/mol. The van der Waals surface area contributed by atoms with Crippen LogP contribution in [0.5, 0.6) is 0 Å². The Morgan fingerprint density at radius 2 is 0.490 bits per heavy atom. The van der Waals surface area contributed by atoms with Crippen LogP contribution in [0.25, 0.3) is 0 Å². The van der Waals surface area contributed by atoms with E-state index in [4.69, 9.17) is 37.0 Å². The van der Waals surface area contributed by atoms with Gasteiger partial charge in [-0.2, -0.15) is 0 Å². The van der Waals surface area contributed by atoms with Gasteiger partial charge in [-0.15, -0.1) is 0 Å². The summed E-state index contributed by atoms with van der Waals surface area (Å²) in [5.74, 6) is -2.25. The van der Waals surface area contributed by atoms with Crippen molar-refractivity contribution in [3.63, 3.8) is 0 Å². The number of allylic oxidation sites excluding steroid dienone is 16. The molecule has 0 saturated carbocycles. The van der Waals surface area contributed by atoms with Crippen molar-refractivity contribution in [2.75, 3.05) is 39.6 Å². The molecule has 3 N–H and O–H groups in total. The maximum absolute atomic E-state index is 13.1.